The van der Waals surface area contributed by atoms with Gasteiger partial charge in [0.15, 0.2) is 0 Å². The predicted molar refractivity (Wildman–Crippen MR) is 83.4 cm³/mol. The van der Waals surface area contributed by atoms with Crippen molar-refractivity contribution >= 4 is 27.6 Å². The van der Waals surface area contributed by atoms with Gasteiger partial charge in [0, 0.05) is 6.61 Å². The first kappa shape index (κ1) is 14.3. The molecule has 0 spiro atoms. The van der Waals surface area contributed by atoms with Crippen LogP contribution in [0.2, 0.25) is 0 Å². The minimum atomic E-state index is -0.169. The molecule has 0 bridgehead atoms. The molecule has 1 aliphatic heterocycles. The van der Waals surface area contributed by atoms with Crippen LogP contribution in [0.25, 0.3) is 10.2 Å². The van der Waals surface area contributed by atoms with E-state index in [0.717, 1.165) is 34.7 Å². The van der Waals surface area contributed by atoms with Crippen LogP contribution in [0.4, 0.5) is 4.79 Å². The molecule has 5 nitrogen and oxygen atoms in total. The maximum absolute atomic E-state index is 11.9. The van der Waals surface area contributed by atoms with Crippen molar-refractivity contribution in [3.05, 3.63) is 29.3 Å². The quantitative estimate of drug-likeness (QED) is 0.913. The van der Waals surface area contributed by atoms with E-state index in [9.17, 15) is 4.79 Å². The first-order valence-corrected chi connectivity index (χ1v) is 8.04. The number of nitrogens with one attached hydrogen (secondary N) is 2. The zero-order valence-electron chi connectivity index (χ0n) is 12.0. The lowest BCUT2D eigenvalue weighted by Gasteiger charge is -2.19. The summed E-state index contributed by atoms with van der Waals surface area (Å²) in [4.78, 5) is 16.4. The monoisotopic (exact) mass is 305 g/mol. The Morgan fingerprint density at radius 2 is 2.38 bits per heavy atom. The van der Waals surface area contributed by atoms with E-state index in [-0.39, 0.29) is 18.2 Å². The number of hydrogen-bond donors (Lipinski definition) is 2. The van der Waals surface area contributed by atoms with Gasteiger partial charge in [0.05, 0.1) is 28.9 Å². The van der Waals surface area contributed by atoms with Gasteiger partial charge in [-0.15, -0.1) is 11.3 Å². The highest BCUT2D eigenvalue weighted by molar-refractivity contribution is 7.18. The Morgan fingerprint density at radius 3 is 3.14 bits per heavy atom. The van der Waals surface area contributed by atoms with Gasteiger partial charge in [-0.05, 0) is 31.9 Å². The molecule has 1 aliphatic rings. The van der Waals surface area contributed by atoms with Crippen LogP contribution >= 0.6 is 11.3 Å². The number of nitrogens with zero attached hydrogens (tertiary/aromatic N) is 1. The molecular weight excluding hydrogens is 286 g/mol. The van der Waals surface area contributed by atoms with E-state index in [0.29, 0.717) is 6.54 Å². The zero-order chi connectivity index (χ0) is 14.7. The highest BCUT2D eigenvalue weighted by atomic mass is 32.1. The van der Waals surface area contributed by atoms with Crippen LogP contribution in [0.15, 0.2) is 24.3 Å². The smallest absolute Gasteiger partial charge is 0.315 e. The Hall–Kier alpha value is -1.66. The van der Waals surface area contributed by atoms with E-state index >= 15 is 0 Å². The summed E-state index contributed by atoms with van der Waals surface area (Å²) in [7, 11) is 0. The molecule has 1 aromatic heterocycles. The molecule has 2 amide bonds. The number of carbonyl (C=O) groups is 1. The van der Waals surface area contributed by atoms with Gasteiger partial charge < -0.3 is 15.4 Å². The summed E-state index contributed by atoms with van der Waals surface area (Å²) in [6.07, 6.45) is 2.22. The van der Waals surface area contributed by atoms with Gasteiger partial charge in [0.25, 0.3) is 0 Å². The number of amides is 2. The molecule has 21 heavy (non-hydrogen) atoms. The van der Waals surface area contributed by atoms with Crippen molar-refractivity contribution in [2.45, 2.75) is 38.5 Å². The van der Waals surface area contributed by atoms with E-state index in [2.05, 4.69) is 15.6 Å². The number of ether oxygens (including phenoxy) is 1. The fourth-order valence-corrected chi connectivity index (χ4v) is 3.41. The highest BCUT2D eigenvalue weighted by Gasteiger charge is 2.23. The standard InChI is InChI=1S/C15H19N3O2S/c1-10(12-6-4-8-20-12)17-15(19)16-9-14-18-11-5-2-3-7-13(11)21-14/h2-3,5,7,10,12H,4,6,8-9H2,1H3,(H2,16,17,19)/t10-,12-/m0/s1. The third kappa shape index (κ3) is 3.51. The number of para-hydroxylation sites is 1. The van der Waals surface area contributed by atoms with E-state index in [4.69, 9.17) is 4.74 Å². The van der Waals surface area contributed by atoms with Gasteiger partial charge in [0.1, 0.15) is 5.01 Å². The minimum absolute atomic E-state index is 0.0304. The number of urea groups is 1. The Kier molecular flexibility index (Phi) is 4.36. The maximum atomic E-state index is 11.9. The van der Waals surface area contributed by atoms with Gasteiger partial charge in [-0.2, -0.15) is 0 Å². The van der Waals surface area contributed by atoms with Crippen molar-refractivity contribution in [2.75, 3.05) is 6.61 Å². The number of hydrogen-bond acceptors (Lipinski definition) is 4. The molecule has 3 rings (SSSR count). The van der Waals surface area contributed by atoms with E-state index in [1.807, 2.05) is 31.2 Å². The summed E-state index contributed by atoms with van der Waals surface area (Å²) in [5.74, 6) is 0. The van der Waals surface area contributed by atoms with Crippen molar-refractivity contribution in [1.29, 1.82) is 0 Å². The minimum Gasteiger partial charge on any atom is -0.376 e. The molecule has 2 atom stereocenters. The number of aromatic nitrogens is 1. The van der Waals surface area contributed by atoms with Gasteiger partial charge in [-0.3, -0.25) is 0 Å². The third-order valence-corrected chi connectivity index (χ3v) is 4.66. The van der Waals surface area contributed by atoms with Gasteiger partial charge in [-0.25, -0.2) is 9.78 Å². The van der Waals surface area contributed by atoms with E-state index < -0.39 is 0 Å². The summed E-state index contributed by atoms with van der Waals surface area (Å²) in [6, 6.07) is 7.84. The van der Waals surface area contributed by atoms with Crippen molar-refractivity contribution in [1.82, 2.24) is 15.6 Å². The number of carbonyl (C=O) groups excluding carboxylic acids is 1. The topological polar surface area (TPSA) is 63.2 Å². The molecule has 2 N–H and O–H groups in total. The second-order valence-corrected chi connectivity index (χ2v) is 6.36. The molecular formula is C15H19N3O2S. The lowest BCUT2D eigenvalue weighted by atomic mass is 10.1. The third-order valence-electron chi connectivity index (χ3n) is 3.62. The van der Waals surface area contributed by atoms with E-state index in [1.54, 1.807) is 11.3 Å². The SMILES string of the molecule is C[C@H](NC(=O)NCc1nc2ccccc2s1)[C@@H]1CCCO1. The molecule has 0 aliphatic carbocycles. The Bertz CT molecular complexity index is 589. The lowest BCUT2D eigenvalue weighted by Crippen LogP contribution is -2.45. The Labute approximate surface area is 127 Å². The van der Waals surface area contributed by atoms with Gasteiger partial charge >= 0.3 is 6.03 Å². The molecule has 1 saturated heterocycles. The first-order valence-electron chi connectivity index (χ1n) is 7.23. The number of thiazole rings is 1. The van der Waals surface area contributed by atoms with Crippen LogP contribution in [-0.2, 0) is 11.3 Å². The summed E-state index contributed by atoms with van der Waals surface area (Å²) in [6.45, 7) is 3.22. The summed E-state index contributed by atoms with van der Waals surface area (Å²) in [5, 5.41) is 6.70. The van der Waals surface area contributed by atoms with Crippen molar-refractivity contribution in [3.63, 3.8) is 0 Å². The molecule has 0 unspecified atom stereocenters. The van der Waals surface area contributed by atoms with Crippen LogP contribution in [0.3, 0.4) is 0 Å². The highest BCUT2D eigenvalue weighted by Crippen LogP contribution is 2.21. The summed E-state index contributed by atoms with van der Waals surface area (Å²) < 4.78 is 6.71. The number of fused-ring (bicyclic) bond motifs is 1. The van der Waals surface area contributed by atoms with Gasteiger partial charge in [-0.1, -0.05) is 12.1 Å². The van der Waals surface area contributed by atoms with Crippen molar-refractivity contribution < 1.29 is 9.53 Å². The average molecular weight is 305 g/mol. The molecule has 0 radical (unpaired) electrons. The van der Waals surface area contributed by atoms with Crippen LogP contribution < -0.4 is 10.6 Å². The fraction of sp³-hybridized carbons (Fsp3) is 0.467. The second kappa shape index (κ2) is 6.41. The lowest BCUT2D eigenvalue weighted by molar-refractivity contribution is 0.0860. The van der Waals surface area contributed by atoms with Crippen LogP contribution in [0.5, 0.6) is 0 Å². The molecule has 2 aromatic rings. The van der Waals surface area contributed by atoms with Gasteiger partial charge in [0.2, 0.25) is 0 Å². The Balaban J connectivity index is 1.50. The fourth-order valence-electron chi connectivity index (χ4n) is 2.50. The molecule has 2 heterocycles. The Morgan fingerprint density at radius 1 is 1.52 bits per heavy atom. The molecule has 112 valence electrons. The normalized spacial score (nSPS) is 19.6. The molecule has 1 fully saturated rings. The summed E-state index contributed by atoms with van der Waals surface area (Å²) >= 11 is 1.61. The zero-order valence-corrected chi connectivity index (χ0v) is 12.8. The average Bonchev–Trinajstić information content (AvgIpc) is 3.14. The molecule has 6 heteroatoms. The van der Waals surface area contributed by atoms with Crippen LogP contribution in [-0.4, -0.2) is 29.8 Å². The van der Waals surface area contributed by atoms with Crippen molar-refractivity contribution in [2.24, 2.45) is 0 Å². The van der Waals surface area contributed by atoms with E-state index in [1.165, 1.54) is 0 Å². The second-order valence-electron chi connectivity index (χ2n) is 5.24. The molecule has 1 aromatic carbocycles. The van der Waals surface area contributed by atoms with Crippen molar-refractivity contribution in [3.8, 4) is 0 Å². The van der Waals surface area contributed by atoms with Crippen LogP contribution in [0.1, 0.15) is 24.8 Å². The molecule has 0 saturated carbocycles. The maximum Gasteiger partial charge on any atom is 0.315 e. The van der Waals surface area contributed by atoms with Crippen LogP contribution in [0, 0.1) is 0 Å². The number of benzene rings is 1. The summed E-state index contributed by atoms with van der Waals surface area (Å²) in [5.41, 5.74) is 0.979. The predicted octanol–water partition coefficient (Wildman–Crippen LogP) is 2.66. The largest absolute Gasteiger partial charge is 0.376 e. The first-order chi connectivity index (χ1) is 10.2. The number of rotatable bonds is 4.